The number of benzene rings is 3. The van der Waals surface area contributed by atoms with E-state index in [0.29, 0.717) is 5.69 Å². The molecule has 0 saturated heterocycles. The van der Waals surface area contributed by atoms with E-state index in [1.54, 1.807) is 0 Å². The van der Waals surface area contributed by atoms with Gasteiger partial charge in [0.1, 0.15) is 11.5 Å². The van der Waals surface area contributed by atoms with Crippen molar-refractivity contribution in [2.24, 2.45) is 5.73 Å². The summed E-state index contributed by atoms with van der Waals surface area (Å²) in [6.07, 6.45) is 0. The van der Waals surface area contributed by atoms with E-state index in [1.807, 2.05) is 60.0 Å². The molecule has 0 saturated carbocycles. The second-order valence-corrected chi connectivity index (χ2v) is 6.51. The van der Waals surface area contributed by atoms with Crippen molar-refractivity contribution >= 4 is 34.0 Å². The van der Waals surface area contributed by atoms with E-state index >= 15 is 0 Å². The van der Waals surface area contributed by atoms with E-state index in [-0.39, 0.29) is 16.9 Å². The predicted molar refractivity (Wildman–Crippen MR) is 111 cm³/mol. The van der Waals surface area contributed by atoms with E-state index in [0.717, 1.165) is 28.6 Å². The number of nitro groups is 1. The zero-order valence-corrected chi connectivity index (χ0v) is 15.5. The summed E-state index contributed by atoms with van der Waals surface area (Å²) >= 11 is 0. The van der Waals surface area contributed by atoms with Gasteiger partial charge in [0.25, 0.3) is 5.69 Å². The number of rotatable bonds is 5. The zero-order chi connectivity index (χ0) is 20.5. The molecule has 0 atom stereocenters. The Labute approximate surface area is 165 Å². The third kappa shape index (κ3) is 3.39. The quantitative estimate of drug-likeness (QED) is 0.395. The van der Waals surface area contributed by atoms with Crippen molar-refractivity contribution in [1.82, 2.24) is 9.55 Å². The highest BCUT2D eigenvalue weighted by atomic mass is 16.6. The molecule has 0 fully saturated rings. The van der Waals surface area contributed by atoms with E-state index in [9.17, 15) is 14.9 Å². The molecule has 0 unspecified atom stereocenters. The number of aromatic nitrogens is 2. The number of fused-ring (bicyclic) bond motifs is 1. The molecule has 0 aliphatic carbocycles. The number of para-hydroxylation sites is 1. The first-order valence-corrected chi connectivity index (χ1v) is 8.84. The first-order chi connectivity index (χ1) is 13.9. The SMILES string of the molecule is Cc1nc2cc(Nc3ccc(C(N)=O)cc3[N+](=O)[O-])ccc2n1-c1ccccc1. The van der Waals surface area contributed by atoms with Gasteiger partial charge in [-0.2, -0.15) is 0 Å². The minimum absolute atomic E-state index is 0.0786. The van der Waals surface area contributed by atoms with Gasteiger partial charge >= 0.3 is 0 Å². The van der Waals surface area contributed by atoms with Crippen LogP contribution in [0.5, 0.6) is 0 Å². The number of anilines is 2. The third-order valence-corrected chi connectivity index (χ3v) is 4.59. The molecule has 4 aromatic rings. The molecule has 1 aromatic heterocycles. The lowest BCUT2D eigenvalue weighted by Crippen LogP contribution is -2.11. The van der Waals surface area contributed by atoms with Crippen LogP contribution in [-0.2, 0) is 0 Å². The number of hydrogen-bond donors (Lipinski definition) is 2. The van der Waals surface area contributed by atoms with Crippen molar-refractivity contribution in [2.45, 2.75) is 6.92 Å². The van der Waals surface area contributed by atoms with E-state index < -0.39 is 10.8 Å². The highest BCUT2D eigenvalue weighted by Crippen LogP contribution is 2.30. The molecule has 29 heavy (non-hydrogen) atoms. The summed E-state index contributed by atoms with van der Waals surface area (Å²) in [6, 6.07) is 19.5. The Hall–Kier alpha value is -4.20. The van der Waals surface area contributed by atoms with Crippen molar-refractivity contribution in [3.8, 4) is 5.69 Å². The fourth-order valence-electron chi connectivity index (χ4n) is 3.28. The fraction of sp³-hybridized carbons (Fsp3) is 0.0476. The molecule has 3 aromatic carbocycles. The molecule has 1 heterocycles. The molecule has 4 rings (SSSR count). The average molecular weight is 387 g/mol. The summed E-state index contributed by atoms with van der Waals surface area (Å²) < 4.78 is 2.04. The first-order valence-electron chi connectivity index (χ1n) is 8.84. The summed E-state index contributed by atoms with van der Waals surface area (Å²) in [5.41, 5.74) is 8.67. The molecule has 1 amide bonds. The summed E-state index contributed by atoms with van der Waals surface area (Å²) in [6.45, 7) is 1.92. The minimum Gasteiger partial charge on any atom is -0.366 e. The number of nitro benzene ring substituents is 1. The number of nitrogens with zero attached hydrogens (tertiary/aromatic N) is 3. The van der Waals surface area contributed by atoms with E-state index in [2.05, 4.69) is 10.3 Å². The lowest BCUT2D eigenvalue weighted by Gasteiger charge is -2.09. The maximum atomic E-state index is 11.4. The van der Waals surface area contributed by atoms with E-state index in [1.165, 1.54) is 12.1 Å². The topological polar surface area (TPSA) is 116 Å². The molecule has 0 radical (unpaired) electrons. The fourth-order valence-corrected chi connectivity index (χ4v) is 3.28. The minimum atomic E-state index is -0.719. The van der Waals surface area contributed by atoms with Crippen LogP contribution < -0.4 is 11.1 Å². The largest absolute Gasteiger partial charge is 0.366 e. The maximum Gasteiger partial charge on any atom is 0.293 e. The van der Waals surface area contributed by atoms with Crippen molar-refractivity contribution in [3.05, 3.63) is 88.2 Å². The van der Waals surface area contributed by atoms with E-state index in [4.69, 9.17) is 5.73 Å². The molecule has 3 N–H and O–H groups in total. The summed E-state index contributed by atoms with van der Waals surface area (Å²) in [7, 11) is 0. The van der Waals surface area contributed by atoms with Crippen LogP contribution in [0.2, 0.25) is 0 Å². The second kappa shape index (κ2) is 7.08. The Bertz CT molecular complexity index is 1250. The van der Waals surface area contributed by atoms with Crippen LogP contribution in [0.3, 0.4) is 0 Å². The average Bonchev–Trinajstić information content (AvgIpc) is 3.03. The second-order valence-electron chi connectivity index (χ2n) is 6.51. The van der Waals surface area contributed by atoms with Crippen LogP contribution in [0.4, 0.5) is 17.1 Å². The Morgan fingerprint density at radius 1 is 1.10 bits per heavy atom. The molecule has 8 heteroatoms. The summed E-state index contributed by atoms with van der Waals surface area (Å²) in [5, 5.41) is 14.4. The van der Waals surface area contributed by atoms with Gasteiger partial charge in [-0.1, -0.05) is 18.2 Å². The predicted octanol–water partition coefficient (Wildman–Crippen LogP) is 4.08. The van der Waals surface area contributed by atoms with Crippen LogP contribution in [0, 0.1) is 17.0 Å². The number of aryl methyl sites for hydroxylation is 1. The maximum absolute atomic E-state index is 11.4. The number of imidazole rings is 1. The van der Waals surface area contributed by atoms with Crippen LogP contribution in [0.1, 0.15) is 16.2 Å². The highest BCUT2D eigenvalue weighted by Gasteiger charge is 2.17. The molecule has 0 spiro atoms. The normalized spacial score (nSPS) is 10.8. The van der Waals surface area contributed by atoms with Gasteiger partial charge in [-0.05, 0) is 49.4 Å². The zero-order valence-electron chi connectivity index (χ0n) is 15.5. The monoisotopic (exact) mass is 387 g/mol. The number of carbonyl (C=O) groups is 1. The van der Waals surface area contributed by atoms with Crippen LogP contribution >= 0.6 is 0 Å². The molecular formula is C21H17N5O3. The molecule has 0 aliphatic rings. The Balaban J connectivity index is 1.73. The number of carbonyl (C=O) groups excluding carboxylic acids is 1. The number of primary amides is 1. The van der Waals surface area contributed by atoms with Crippen molar-refractivity contribution in [1.29, 1.82) is 0 Å². The van der Waals surface area contributed by atoms with Gasteiger partial charge in [-0.25, -0.2) is 4.98 Å². The summed E-state index contributed by atoms with van der Waals surface area (Å²) in [5.74, 6) is 0.114. The molecule has 0 bridgehead atoms. The number of nitrogens with one attached hydrogen (secondary N) is 1. The summed E-state index contributed by atoms with van der Waals surface area (Å²) in [4.78, 5) is 26.8. The third-order valence-electron chi connectivity index (χ3n) is 4.59. The Kier molecular flexibility index (Phi) is 4.44. The van der Waals surface area contributed by atoms with Crippen LogP contribution in [0.15, 0.2) is 66.7 Å². The number of nitrogens with two attached hydrogens (primary N) is 1. The first kappa shape index (κ1) is 18.2. The van der Waals surface area contributed by atoms with Gasteiger partial charge < -0.3 is 11.1 Å². The van der Waals surface area contributed by atoms with Crippen LogP contribution in [0.25, 0.3) is 16.7 Å². The molecule has 8 nitrogen and oxygen atoms in total. The Morgan fingerprint density at radius 3 is 2.55 bits per heavy atom. The molecule has 0 aliphatic heterocycles. The lowest BCUT2D eigenvalue weighted by molar-refractivity contribution is -0.383. The van der Waals surface area contributed by atoms with Gasteiger partial charge in [0, 0.05) is 23.0 Å². The van der Waals surface area contributed by atoms with Gasteiger partial charge in [0.15, 0.2) is 0 Å². The van der Waals surface area contributed by atoms with Crippen molar-refractivity contribution < 1.29 is 9.72 Å². The standard InChI is InChI=1S/C21H17N5O3/c1-13-23-18-12-15(8-10-19(18)25(13)16-5-3-2-4-6-16)24-17-9-7-14(21(22)27)11-20(17)26(28)29/h2-12,24H,1H3,(H2,22,27). The van der Waals surface area contributed by atoms with Crippen LogP contribution in [-0.4, -0.2) is 20.4 Å². The molecule has 144 valence electrons. The van der Waals surface area contributed by atoms with Gasteiger partial charge in [0.05, 0.1) is 16.0 Å². The van der Waals surface area contributed by atoms with Gasteiger partial charge in [-0.15, -0.1) is 0 Å². The van der Waals surface area contributed by atoms with Crippen molar-refractivity contribution in [2.75, 3.05) is 5.32 Å². The number of amides is 1. The van der Waals surface area contributed by atoms with Crippen molar-refractivity contribution in [3.63, 3.8) is 0 Å². The smallest absolute Gasteiger partial charge is 0.293 e. The highest BCUT2D eigenvalue weighted by molar-refractivity contribution is 5.94. The van der Waals surface area contributed by atoms with Gasteiger partial charge in [0.2, 0.25) is 5.91 Å². The Morgan fingerprint density at radius 2 is 1.86 bits per heavy atom. The van der Waals surface area contributed by atoms with Gasteiger partial charge in [-0.3, -0.25) is 19.5 Å². The number of hydrogen-bond acceptors (Lipinski definition) is 5. The lowest BCUT2D eigenvalue weighted by atomic mass is 10.1. The molecular weight excluding hydrogens is 370 g/mol.